The zero-order valence-electron chi connectivity index (χ0n) is 20.8. The first-order chi connectivity index (χ1) is 16.7. The van der Waals surface area contributed by atoms with Crippen molar-refractivity contribution < 1.29 is 22.4 Å². The van der Waals surface area contributed by atoms with Crippen LogP contribution in [-0.2, 0) is 6.18 Å². The molecule has 2 fully saturated rings. The van der Waals surface area contributed by atoms with E-state index < -0.39 is 28.9 Å². The largest absolute Gasteiger partial charge is 0.419 e. The third kappa shape index (κ3) is 5.65. The molecule has 0 heterocycles. The van der Waals surface area contributed by atoms with Crippen LogP contribution in [0.5, 0.6) is 0 Å². The molecule has 0 atom stereocenters. The molecule has 2 aliphatic carbocycles. The van der Waals surface area contributed by atoms with Gasteiger partial charge in [0.25, 0.3) is 0 Å². The molecule has 0 spiro atoms. The first kappa shape index (κ1) is 25.9. The Labute approximate surface area is 206 Å². The molecular formula is C30H36F4O. The molecule has 0 bridgehead atoms. The fourth-order valence-electron chi connectivity index (χ4n) is 6.43. The van der Waals surface area contributed by atoms with E-state index in [1.807, 2.05) is 12.1 Å². The molecule has 0 saturated heterocycles. The van der Waals surface area contributed by atoms with Crippen LogP contribution in [0, 0.1) is 23.6 Å². The van der Waals surface area contributed by atoms with Gasteiger partial charge < -0.3 is 0 Å². The highest BCUT2D eigenvalue weighted by Gasteiger charge is 2.39. The van der Waals surface area contributed by atoms with Crippen LogP contribution in [-0.4, -0.2) is 5.78 Å². The van der Waals surface area contributed by atoms with Gasteiger partial charge >= 0.3 is 6.18 Å². The molecule has 35 heavy (non-hydrogen) atoms. The maximum atomic E-state index is 15.1. The number of alkyl halides is 3. The van der Waals surface area contributed by atoms with Crippen LogP contribution in [0.25, 0.3) is 11.1 Å². The Bertz CT molecular complexity index is 1010. The van der Waals surface area contributed by atoms with Crippen LogP contribution in [0.3, 0.4) is 0 Å². The van der Waals surface area contributed by atoms with Crippen molar-refractivity contribution >= 4 is 5.78 Å². The van der Waals surface area contributed by atoms with E-state index in [1.54, 1.807) is 12.1 Å². The molecule has 0 amide bonds. The Morgan fingerprint density at radius 1 is 0.829 bits per heavy atom. The number of carbonyl (C=O) groups is 1. The number of ketones is 1. The molecule has 0 radical (unpaired) electrons. The summed E-state index contributed by atoms with van der Waals surface area (Å²) in [4.78, 5) is 12.0. The van der Waals surface area contributed by atoms with E-state index in [-0.39, 0.29) is 12.0 Å². The predicted octanol–water partition coefficient (Wildman–Crippen LogP) is 9.59. The molecule has 0 unspecified atom stereocenters. The molecule has 4 rings (SSSR count). The van der Waals surface area contributed by atoms with E-state index in [1.165, 1.54) is 63.5 Å². The molecular weight excluding hydrogens is 452 g/mol. The molecule has 2 saturated carbocycles. The summed E-state index contributed by atoms with van der Waals surface area (Å²) in [5.41, 5.74) is -0.609. The number of benzene rings is 2. The van der Waals surface area contributed by atoms with Gasteiger partial charge in [0, 0.05) is 17.5 Å². The minimum atomic E-state index is -4.94. The SMILES string of the molecule is CCC(=O)c1ccc(-c2ccc(C3CCC(C4CCC(CC)CC4)CC3)cc2)c(F)c1C(F)(F)F. The second-order valence-electron chi connectivity index (χ2n) is 10.5. The van der Waals surface area contributed by atoms with E-state index in [2.05, 4.69) is 6.92 Å². The molecule has 2 aromatic carbocycles. The Balaban J connectivity index is 1.46. The molecule has 0 aromatic heterocycles. The maximum Gasteiger partial charge on any atom is 0.419 e. The lowest BCUT2D eigenvalue weighted by Crippen LogP contribution is -2.25. The van der Waals surface area contributed by atoms with Crippen molar-refractivity contribution in [3.63, 3.8) is 0 Å². The van der Waals surface area contributed by atoms with Crippen LogP contribution in [0.15, 0.2) is 36.4 Å². The number of hydrogen-bond acceptors (Lipinski definition) is 1. The highest BCUT2D eigenvalue weighted by Crippen LogP contribution is 2.45. The van der Waals surface area contributed by atoms with Gasteiger partial charge in [0.15, 0.2) is 5.78 Å². The molecule has 2 aliphatic rings. The highest BCUT2D eigenvalue weighted by molar-refractivity contribution is 5.98. The quantitative estimate of drug-likeness (QED) is 0.292. The van der Waals surface area contributed by atoms with Gasteiger partial charge in [0.2, 0.25) is 0 Å². The molecule has 2 aromatic rings. The average Bonchev–Trinajstić information content (AvgIpc) is 2.87. The summed E-state index contributed by atoms with van der Waals surface area (Å²) in [6.07, 6.45) is 6.51. The molecule has 5 heteroatoms. The second kappa shape index (κ2) is 10.8. The van der Waals surface area contributed by atoms with Crippen molar-refractivity contribution in [3.8, 4) is 11.1 Å². The third-order valence-electron chi connectivity index (χ3n) is 8.65. The van der Waals surface area contributed by atoms with Crippen molar-refractivity contribution in [1.29, 1.82) is 0 Å². The zero-order valence-corrected chi connectivity index (χ0v) is 20.8. The van der Waals surface area contributed by atoms with Crippen LogP contribution in [0.4, 0.5) is 17.6 Å². The molecule has 1 nitrogen and oxygen atoms in total. The summed E-state index contributed by atoms with van der Waals surface area (Å²) < 4.78 is 55.9. The Morgan fingerprint density at radius 2 is 1.40 bits per heavy atom. The van der Waals surface area contributed by atoms with Gasteiger partial charge in [0.05, 0.1) is 0 Å². The predicted molar refractivity (Wildman–Crippen MR) is 132 cm³/mol. The standard InChI is InChI=1S/C30H36F4O/c1-3-19-5-7-20(8-6-19)21-9-11-22(12-10-21)23-13-15-24(16-14-23)25-17-18-26(27(35)4-2)28(29(25)31)30(32,33)34/h13-22H,3-12H2,1-2H3. The summed E-state index contributed by atoms with van der Waals surface area (Å²) in [5, 5.41) is 0. The summed E-state index contributed by atoms with van der Waals surface area (Å²) >= 11 is 0. The van der Waals surface area contributed by atoms with Crippen molar-refractivity contribution in [2.24, 2.45) is 17.8 Å². The monoisotopic (exact) mass is 488 g/mol. The summed E-state index contributed by atoms with van der Waals surface area (Å²) in [5.74, 6) is 0.973. The van der Waals surface area contributed by atoms with Gasteiger partial charge in [-0.05, 0) is 79.4 Å². The van der Waals surface area contributed by atoms with Crippen LogP contribution < -0.4 is 0 Å². The van der Waals surface area contributed by atoms with E-state index in [0.29, 0.717) is 11.5 Å². The Hall–Kier alpha value is -2.17. The van der Waals surface area contributed by atoms with E-state index in [4.69, 9.17) is 0 Å². The number of halogens is 4. The topological polar surface area (TPSA) is 17.1 Å². The highest BCUT2D eigenvalue weighted by atomic mass is 19.4. The van der Waals surface area contributed by atoms with Gasteiger partial charge in [-0.25, -0.2) is 4.39 Å². The first-order valence-corrected chi connectivity index (χ1v) is 13.3. The smallest absolute Gasteiger partial charge is 0.294 e. The van der Waals surface area contributed by atoms with Crippen molar-refractivity contribution in [2.45, 2.75) is 90.1 Å². The van der Waals surface area contributed by atoms with Gasteiger partial charge in [0.1, 0.15) is 11.4 Å². The minimum absolute atomic E-state index is 0.112. The Kier molecular flexibility index (Phi) is 8.02. The third-order valence-corrected chi connectivity index (χ3v) is 8.65. The lowest BCUT2D eigenvalue weighted by Gasteiger charge is -2.38. The zero-order chi connectivity index (χ0) is 25.2. The Morgan fingerprint density at radius 3 is 1.91 bits per heavy atom. The normalized spacial score (nSPS) is 25.4. The molecule has 0 aliphatic heterocycles. The van der Waals surface area contributed by atoms with Crippen LogP contribution in [0.1, 0.15) is 105 Å². The number of Topliss-reactive ketones (excluding diaryl/α,β-unsaturated/α-hetero) is 1. The minimum Gasteiger partial charge on any atom is -0.294 e. The lowest BCUT2D eigenvalue weighted by molar-refractivity contribution is -0.140. The fourth-order valence-corrected chi connectivity index (χ4v) is 6.43. The van der Waals surface area contributed by atoms with Crippen molar-refractivity contribution in [2.75, 3.05) is 0 Å². The fraction of sp³-hybridized carbons (Fsp3) is 0.567. The molecule has 0 N–H and O–H groups in total. The van der Waals surface area contributed by atoms with E-state index in [0.717, 1.165) is 36.7 Å². The summed E-state index contributed by atoms with van der Waals surface area (Å²) in [7, 11) is 0. The van der Waals surface area contributed by atoms with E-state index >= 15 is 4.39 Å². The summed E-state index contributed by atoms with van der Waals surface area (Å²) in [6, 6.07) is 9.70. The van der Waals surface area contributed by atoms with Gasteiger partial charge in [-0.3, -0.25) is 4.79 Å². The van der Waals surface area contributed by atoms with Gasteiger partial charge in [-0.15, -0.1) is 0 Å². The first-order valence-electron chi connectivity index (χ1n) is 13.3. The number of rotatable bonds is 6. The van der Waals surface area contributed by atoms with Crippen LogP contribution in [0.2, 0.25) is 0 Å². The number of hydrogen-bond donors (Lipinski definition) is 0. The van der Waals surface area contributed by atoms with Gasteiger partial charge in [-0.2, -0.15) is 13.2 Å². The average molecular weight is 489 g/mol. The molecule has 190 valence electrons. The van der Waals surface area contributed by atoms with Crippen molar-refractivity contribution in [1.82, 2.24) is 0 Å². The van der Waals surface area contributed by atoms with Gasteiger partial charge in [-0.1, -0.05) is 63.4 Å². The second-order valence-corrected chi connectivity index (χ2v) is 10.5. The van der Waals surface area contributed by atoms with Crippen LogP contribution >= 0.6 is 0 Å². The van der Waals surface area contributed by atoms with Crippen molar-refractivity contribution in [3.05, 3.63) is 58.9 Å². The lowest BCUT2D eigenvalue weighted by atomic mass is 9.68. The maximum absolute atomic E-state index is 15.1. The number of carbonyl (C=O) groups excluding carboxylic acids is 1. The van der Waals surface area contributed by atoms with E-state index in [9.17, 15) is 18.0 Å². The summed E-state index contributed by atoms with van der Waals surface area (Å²) in [6.45, 7) is 3.77.